The smallest absolute Gasteiger partial charge is 0.123 e. The molecule has 1 unspecified atom stereocenters. The molecule has 2 nitrogen and oxygen atoms in total. The summed E-state index contributed by atoms with van der Waals surface area (Å²) in [5, 5.41) is 4.45. The molecule has 21 heavy (non-hydrogen) atoms. The number of ether oxygens (including phenoxy) is 1. The number of benzene rings is 1. The molecule has 0 saturated heterocycles. The van der Waals surface area contributed by atoms with E-state index in [1.54, 1.807) is 0 Å². The third-order valence-electron chi connectivity index (χ3n) is 4.29. The minimum absolute atomic E-state index is 0.170. The van der Waals surface area contributed by atoms with Crippen molar-refractivity contribution in [3.8, 4) is 5.75 Å². The van der Waals surface area contributed by atoms with Crippen LogP contribution >= 0.6 is 11.6 Å². The van der Waals surface area contributed by atoms with Crippen molar-refractivity contribution in [3.63, 3.8) is 0 Å². The van der Waals surface area contributed by atoms with Crippen LogP contribution in [0.25, 0.3) is 0 Å². The third kappa shape index (κ3) is 4.62. The summed E-state index contributed by atoms with van der Waals surface area (Å²) in [4.78, 5) is 0. The second-order valence-corrected chi connectivity index (χ2v) is 7.02. The highest BCUT2D eigenvalue weighted by Gasteiger charge is 2.17. The molecule has 0 spiro atoms. The fourth-order valence-electron chi connectivity index (χ4n) is 2.94. The van der Waals surface area contributed by atoms with Crippen LogP contribution < -0.4 is 10.1 Å². The Morgan fingerprint density at radius 2 is 1.90 bits per heavy atom. The van der Waals surface area contributed by atoms with Gasteiger partial charge in [-0.2, -0.15) is 0 Å². The SMILES string of the molecule is Cc1cc(OC(C)CNC2CCCC2)c(C(C)C)cc1Cl. The van der Waals surface area contributed by atoms with Gasteiger partial charge in [-0.15, -0.1) is 0 Å². The van der Waals surface area contributed by atoms with Gasteiger partial charge in [0.2, 0.25) is 0 Å². The molecule has 1 aliphatic rings. The summed E-state index contributed by atoms with van der Waals surface area (Å²) in [5.41, 5.74) is 2.27. The Bertz CT molecular complexity index is 467. The summed E-state index contributed by atoms with van der Waals surface area (Å²) in [7, 11) is 0. The van der Waals surface area contributed by atoms with E-state index >= 15 is 0 Å². The maximum Gasteiger partial charge on any atom is 0.123 e. The van der Waals surface area contributed by atoms with Crippen LogP contribution in [-0.4, -0.2) is 18.7 Å². The van der Waals surface area contributed by atoms with Gasteiger partial charge < -0.3 is 10.1 Å². The minimum Gasteiger partial charge on any atom is -0.489 e. The molecule has 0 aromatic heterocycles. The zero-order chi connectivity index (χ0) is 15.4. The number of nitrogens with one attached hydrogen (secondary N) is 1. The molecule has 0 bridgehead atoms. The molecule has 0 aliphatic heterocycles. The standard InChI is InChI=1S/C18H28ClNO/c1-12(2)16-10-17(19)13(3)9-18(16)21-14(4)11-20-15-7-5-6-8-15/h9-10,12,14-15,20H,5-8,11H2,1-4H3. The van der Waals surface area contributed by atoms with Gasteiger partial charge in [-0.3, -0.25) is 0 Å². The lowest BCUT2D eigenvalue weighted by Crippen LogP contribution is -2.35. The van der Waals surface area contributed by atoms with Gasteiger partial charge in [0.1, 0.15) is 11.9 Å². The molecule has 0 heterocycles. The van der Waals surface area contributed by atoms with Gasteiger partial charge in [0.05, 0.1) is 0 Å². The van der Waals surface area contributed by atoms with Gasteiger partial charge in [0.15, 0.2) is 0 Å². The Morgan fingerprint density at radius 1 is 1.24 bits per heavy atom. The normalized spacial score (nSPS) is 17.4. The maximum absolute atomic E-state index is 6.25. The zero-order valence-corrected chi connectivity index (χ0v) is 14.5. The first-order valence-corrected chi connectivity index (χ1v) is 8.55. The van der Waals surface area contributed by atoms with Crippen LogP contribution in [0.4, 0.5) is 0 Å². The fourth-order valence-corrected chi connectivity index (χ4v) is 3.12. The molecule has 1 aliphatic carbocycles. The highest BCUT2D eigenvalue weighted by molar-refractivity contribution is 6.31. The van der Waals surface area contributed by atoms with Gasteiger partial charge in [-0.1, -0.05) is 38.3 Å². The van der Waals surface area contributed by atoms with Gasteiger partial charge in [0.25, 0.3) is 0 Å². The molecule has 3 heteroatoms. The largest absolute Gasteiger partial charge is 0.489 e. The summed E-state index contributed by atoms with van der Waals surface area (Å²) in [6.07, 6.45) is 5.51. The third-order valence-corrected chi connectivity index (χ3v) is 4.70. The van der Waals surface area contributed by atoms with Crippen molar-refractivity contribution in [2.45, 2.75) is 71.4 Å². The van der Waals surface area contributed by atoms with Crippen molar-refractivity contribution in [2.24, 2.45) is 0 Å². The van der Waals surface area contributed by atoms with E-state index in [0.29, 0.717) is 12.0 Å². The Labute approximate surface area is 134 Å². The first kappa shape index (κ1) is 16.6. The molecule has 1 atom stereocenters. The van der Waals surface area contributed by atoms with Crippen molar-refractivity contribution in [1.29, 1.82) is 0 Å². The molecule has 1 N–H and O–H groups in total. The van der Waals surface area contributed by atoms with E-state index in [1.165, 1.54) is 31.2 Å². The van der Waals surface area contributed by atoms with E-state index in [4.69, 9.17) is 16.3 Å². The average Bonchev–Trinajstić information content (AvgIpc) is 2.93. The molecular weight excluding hydrogens is 282 g/mol. The highest BCUT2D eigenvalue weighted by Crippen LogP contribution is 2.32. The molecule has 0 amide bonds. The lowest BCUT2D eigenvalue weighted by atomic mass is 10.0. The van der Waals surface area contributed by atoms with E-state index in [2.05, 4.69) is 32.2 Å². The molecular formula is C18H28ClNO. The van der Waals surface area contributed by atoms with Crippen molar-refractivity contribution in [1.82, 2.24) is 5.32 Å². The van der Waals surface area contributed by atoms with Crippen LogP contribution in [0.3, 0.4) is 0 Å². The minimum atomic E-state index is 0.170. The molecule has 1 fully saturated rings. The lowest BCUT2D eigenvalue weighted by molar-refractivity contribution is 0.209. The molecule has 118 valence electrons. The number of hydrogen-bond donors (Lipinski definition) is 1. The molecule has 0 radical (unpaired) electrons. The number of halogens is 1. The first-order chi connectivity index (χ1) is 9.97. The van der Waals surface area contributed by atoms with E-state index < -0.39 is 0 Å². The Morgan fingerprint density at radius 3 is 2.52 bits per heavy atom. The summed E-state index contributed by atoms with van der Waals surface area (Å²) < 4.78 is 6.18. The quantitative estimate of drug-likeness (QED) is 0.792. The van der Waals surface area contributed by atoms with Crippen molar-refractivity contribution >= 4 is 11.6 Å². The fraction of sp³-hybridized carbons (Fsp3) is 0.667. The topological polar surface area (TPSA) is 21.3 Å². The molecule has 1 aromatic rings. The van der Waals surface area contributed by atoms with E-state index in [-0.39, 0.29) is 6.10 Å². The van der Waals surface area contributed by atoms with Crippen LogP contribution in [0.1, 0.15) is 63.5 Å². The van der Waals surface area contributed by atoms with Crippen LogP contribution in [0.5, 0.6) is 5.75 Å². The zero-order valence-electron chi connectivity index (χ0n) is 13.7. The van der Waals surface area contributed by atoms with Crippen LogP contribution in [0, 0.1) is 6.92 Å². The van der Waals surface area contributed by atoms with Gasteiger partial charge in [-0.25, -0.2) is 0 Å². The second-order valence-electron chi connectivity index (χ2n) is 6.61. The van der Waals surface area contributed by atoms with Crippen LogP contribution in [-0.2, 0) is 0 Å². The molecule has 2 rings (SSSR count). The van der Waals surface area contributed by atoms with Crippen LogP contribution in [0.15, 0.2) is 12.1 Å². The summed E-state index contributed by atoms with van der Waals surface area (Å²) in [6, 6.07) is 4.81. The van der Waals surface area contributed by atoms with Gasteiger partial charge in [-0.05, 0) is 55.9 Å². The predicted molar refractivity (Wildman–Crippen MR) is 90.6 cm³/mol. The summed E-state index contributed by atoms with van der Waals surface area (Å²) in [6.45, 7) is 9.42. The summed E-state index contributed by atoms with van der Waals surface area (Å²) in [5.74, 6) is 1.39. The Balaban J connectivity index is 1.98. The van der Waals surface area contributed by atoms with E-state index in [1.807, 2.05) is 13.0 Å². The maximum atomic E-state index is 6.25. The predicted octanol–water partition coefficient (Wildman–Crippen LogP) is 5.07. The molecule has 1 saturated carbocycles. The monoisotopic (exact) mass is 309 g/mol. The Kier molecular flexibility index (Phi) is 5.95. The van der Waals surface area contributed by atoms with E-state index in [0.717, 1.165) is 22.9 Å². The van der Waals surface area contributed by atoms with Gasteiger partial charge in [0, 0.05) is 17.6 Å². The first-order valence-electron chi connectivity index (χ1n) is 8.17. The number of rotatable bonds is 6. The van der Waals surface area contributed by atoms with Crippen molar-refractivity contribution in [2.75, 3.05) is 6.54 Å². The second kappa shape index (κ2) is 7.51. The van der Waals surface area contributed by atoms with Crippen LogP contribution in [0.2, 0.25) is 5.02 Å². The highest BCUT2D eigenvalue weighted by atomic mass is 35.5. The number of aryl methyl sites for hydroxylation is 1. The average molecular weight is 310 g/mol. The summed E-state index contributed by atoms with van der Waals surface area (Å²) >= 11 is 6.25. The van der Waals surface area contributed by atoms with Gasteiger partial charge >= 0.3 is 0 Å². The lowest BCUT2D eigenvalue weighted by Gasteiger charge is -2.22. The van der Waals surface area contributed by atoms with E-state index in [9.17, 15) is 0 Å². The number of hydrogen-bond acceptors (Lipinski definition) is 2. The van der Waals surface area contributed by atoms with Crippen molar-refractivity contribution in [3.05, 3.63) is 28.3 Å². The Hall–Kier alpha value is -0.730. The van der Waals surface area contributed by atoms with Crippen molar-refractivity contribution < 1.29 is 4.74 Å². The molecule has 1 aromatic carbocycles.